The Morgan fingerprint density at radius 3 is 2.62 bits per heavy atom. The summed E-state index contributed by atoms with van der Waals surface area (Å²) in [5.74, 6) is -0.753. The van der Waals surface area contributed by atoms with Gasteiger partial charge in [0.05, 0.1) is 10.9 Å². The zero-order chi connectivity index (χ0) is 15.5. The molecule has 1 aromatic heterocycles. The fourth-order valence-electron chi connectivity index (χ4n) is 2.41. The van der Waals surface area contributed by atoms with Crippen molar-refractivity contribution in [2.45, 2.75) is 39.7 Å². The first-order valence-corrected chi connectivity index (χ1v) is 7.23. The van der Waals surface area contributed by atoms with E-state index in [1.54, 1.807) is 19.9 Å². The van der Waals surface area contributed by atoms with Crippen molar-refractivity contribution in [2.24, 2.45) is 5.41 Å². The van der Waals surface area contributed by atoms with Gasteiger partial charge in [-0.05, 0) is 38.8 Å². The Morgan fingerprint density at radius 2 is 1.90 bits per heavy atom. The van der Waals surface area contributed by atoms with Gasteiger partial charge in [-0.3, -0.25) is 9.59 Å². The summed E-state index contributed by atoms with van der Waals surface area (Å²) in [6, 6.07) is 9.15. The molecule has 4 heteroatoms. The summed E-state index contributed by atoms with van der Waals surface area (Å²) >= 11 is 0. The smallest absolute Gasteiger partial charge is 0.309 e. The van der Waals surface area contributed by atoms with E-state index < -0.39 is 11.4 Å². The monoisotopic (exact) mass is 287 g/mol. The Kier molecular flexibility index (Phi) is 4.46. The van der Waals surface area contributed by atoms with Crippen LogP contribution in [0.5, 0.6) is 0 Å². The number of carbonyl (C=O) groups is 1. The first-order valence-electron chi connectivity index (χ1n) is 7.23. The van der Waals surface area contributed by atoms with Gasteiger partial charge in [-0.1, -0.05) is 18.6 Å². The van der Waals surface area contributed by atoms with Crippen molar-refractivity contribution >= 4 is 16.9 Å². The average molecular weight is 287 g/mol. The average Bonchev–Trinajstić information content (AvgIpc) is 2.46. The molecule has 0 unspecified atom stereocenters. The molecule has 21 heavy (non-hydrogen) atoms. The Balaban J connectivity index is 2.04. The van der Waals surface area contributed by atoms with Crippen LogP contribution in [0.15, 0.2) is 41.3 Å². The van der Waals surface area contributed by atoms with E-state index in [1.165, 1.54) is 0 Å². The molecular weight excluding hydrogens is 266 g/mol. The number of hydrogen-bond acceptors (Lipinski definition) is 2. The van der Waals surface area contributed by atoms with E-state index in [9.17, 15) is 9.59 Å². The predicted molar refractivity (Wildman–Crippen MR) is 83.5 cm³/mol. The maximum Gasteiger partial charge on any atom is 0.309 e. The summed E-state index contributed by atoms with van der Waals surface area (Å²) in [6.45, 7) is 4.30. The van der Waals surface area contributed by atoms with Gasteiger partial charge in [-0.2, -0.15) is 0 Å². The topological polar surface area (TPSA) is 59.3 Å². The van der Waals surface area contributed by atoms with Crippen molar-refractivity contribution in [2.75, 3.05) is 0 Å². The van der Waals surface area contributed by atoms with E-state index in [4.69, 9.17) is 5.11 Å². The van der Waals surface area contributed by atoms with Crippen molar-refractivity contribution in [3.63, 3.8) is 0 Å². The number of para-hydroxylation sites is 1. The maximum absolute atomic E-state index is 11.8. The van der Waals surface area contributed by atoms with E-state index in [0.717, 1.165) is 30.3 Å². The fraction of sp³-hybridized carbons (Fsp3) is 0.412. The highest BCUT2D eigenvalue weighted by Gasteiger charge is 2.25. The first-order chi connectivity index (χ1) is 9.92. The molecule has 0 fully saturated rings. The second kappa shape index (κ2) is 6.12. The van der Waals surface area contributed by atoms with Crippen LogP contribution in [0.2, 0.25) is 0 Å². The lowest BCUT2D eigenvalue weighted by atomic mass is 9.87. The summed E-state index contributed by atoms with van der Waals surface area (Å²) in [5, 5.41) is 9.82. The fourth-order valence-corrected chi connectivity index (χ4v) is 2.41. The zero-order valence-electron chi connectivity index (χ0n) is 12.5. The Bertz CT molecular complexity index is 700. The standard InChI is InChI=1S/C17H21NO3/c1-17(2,16(20)21)10-5-6-11-18-12-9-15(19)13-7-3-4-8-14(13)18/h3-4,7-9,12H,5-6,10-11H2,1-2H3,(H,20,21). The largest absolute Gasteiger partial charge is 0.481 e. The number of aliphatic carboxylic acids is 1. The number of carboxylic acids is 1. The molecular formula is C17H21NO3. The number of aryl methyl sites for hydroxylation is 1. The van der Waals surface area contributed by atoms with Crippen LogP contribution in [-0.2, 0) is 11.3 Å². The molecule has 0 amide bonds. The van der Waals surface area contributed by atoms with Crippen molar-refractivity contribution in [1.82, 2.24) is 4.57 Å². The van der Waals surface area contributed by atoms with Gasteiger partial charge in [-0.15, -0.1) is 0 Å². The van der Waals surface area contributed by atoms with Crippen LogP contribution < -0.4 is 5.43 Å². The molecule has 4 nitrogen and oxygen atoms in total. The van der Waals surface area contributed by atoms with Crippen molar-refractivity contribution < 1.29 is 9.90 Å². The van der Waals surface area contributed by atoms with Crippen LogP contribution in [0.4, 0.5) is 0 Å². The number of carboxylic acid groups (broad SMARTS) is 1. The second-order valence-corrected chi connectivity index (χ2v) is 6.04. The summed E-state index contributed by atoms with van der Waals surface area (Å²) in [5.41, 5.74) is 0.294. The molecule has 0 saturated carbocycles. The van der Waals surface area contributed by atoms with Crippen LogP contribution in [-0.4, -0.2) is 15.6 Å². The van der Waals surface area contributed by atoms with E-state index in [2.05, 4.69) is 4.57 Å². The molecule has 112 valence electrons. The second-order valence-electron chi connectivity index (χ2n) is 6.04. The van der Waals surface area contributed by atoms with E-state index in [0.29, 0.717) is 6.42 Å². The zero-order valence-corrected chi connectivity index (χ0v) is 12.5. The first kappa shape index (κ1) is 15.3. The number of fused-ring (bicyclic) bond motifs is 1. The number of rotatable bonds is 6. The third-order valence-electron chi connectivity index (χ3n) is 3.91. The minimum absolute atomic E-state index is 0.0360. The number of aromatic nitrogens is 1. The quantitative estimate of drug-likeness (QED) is 0.829. The summed E-state index contributed by atoms with van der Waals surface area (Å²) in [4.78, 5) is 22.8. The van der Waals surface area contributed by atoms with Crippen LogP contribution >= 0.6 is 0 Å². The lowest BCUT2D eigenvalue weighted by Gasteiger charge is -2.19. The van der Waals surface area contributed by atoms with Gasteiger partial charge in [0.15, 0.2) is 5.43 Å². The molecule has 0 atom stereocenters. The third-order valence-corrected chi connectivity index (χ3v) is 3.91. The highest BCUT2D eigenvalue weighted by molar-refractivity contribution is 5.78. The van der Waals surface area contributed by atoms with Crippen LogP contribution in [0, 0.1) is 5.41 Å². The highest BCUT2D eigenvalue weighted by atomic mass is 16.4. The summed E-state index contributed by atoms with van der Waals surface area (Å²) in [6.07, 6.45) is 4.21. The molecule has 0 aliphatic heterocycles. The number of hydrogen-bond donors (Lipinski definition) is 1. The van der Waals surface area contributed by atoms with Gasteiger partial charge < -0.3 is 9.67 Å². The van der Waals surface area contributed by atoms with Gasteiger partial charge in [0.1, 0.15) is 0 Å². The summed E-state index contributed by atoms with van der Waals surface area (Å²) in [7, 11) is 0. The molecule has 0 bridgehead atoms. The minimum atomic E-state index is -0.753. The SMILES string of the molecule is CC(C)(CCCCn1ccc(=O)c2ccccc21)C(=O)O. The number of unbranched alkanes of at least 4 members (excludes halogenated alkanes) is 1. The Labute approximate surface area is 124 Å². The highest BCUT2D eigenvalue weighted by Crippen LogP contribution is 2.23. The molecule has 0 aliphatic carbocycles. The molecule has 2 aromatic rings. The Hall–Kier alpha value is -2.10. The van der Waals surface area contributed by atoms with Crippen molar-refractivity contribution in [1.29, 1.82) is 0 Å². The van der Waals surface area contributed by atoms with Gasteiger partial charge in [0.25, 0.3) is 0 Å². The van der Waals surface area contributed by atoms with Crippen molar-refractivity contribution in [3.8, 4) is 0 Å². The molecule has 0 saturated heterocycles. The molecule has 0 radical (unpaired) electrons. The van der Waals surface area contributed by atoms with E-state index >= 15 is 0 Å². The third kappa shape index (κ3) is 3.51. The van der Waals surface area contributed by atoms with Crippen LogP contribution in [0.25, 0.3) is 10.9 Å². The van der Waals surface area contributed by atoms with Crippen LogP contribution in [0.3, 0.4) is 0 Å². The van der Waals surface area contributed by atoms with Gasteiger partial charge in [0, 0.05) is 24.2 Å². The van der Waals surface area contributed by atoms with E-state index in [-0.39, 0.29) is 5.43 Å². The van der Waals surface area contributed by atoms with Gasteiger partial charge >= 0.3 is 5.97 Å². The lowest BCUT2D eigenvalue weighted by Crippen LogP contribution is -2.23. The molecule has 1 aromatic carbocycles. The summed E-state index contributed by atoms with van der Waals surface area (Å²) < 4.78 is 2.06. The molecule has 1 heterocycles. The van der Waals surface area contributed by atoms with Crippen molar-refractivity contribution in [3.05, 3.63) is 46.8 Å². The van der Waals surface area contributed by atoms with Gasteiger partial charge in [0.2, 0.25) is 0 Å². The van der Waals surface area contributed by atoms with Gasteiger partial charge in [-0.25, -0.2) is 0 Å². The molecule has 2 rings (SSSR count). The maximum atomic E-state index is 11.8. The van der Waals surface area contributed by atoms with Crippen LogP contribution in [0.1, 0.15) is 33.1 Å². The van der Waals surface area contributed by atoms with E-state index in [1.807, 2.05) is 30.5 Å². The normalized spacial score (nSPS) is 11.7. The lowest BCUT2D eigenvalue weighted by molar-refractivity contribution is -0.147. The Morgan fingerprint density at radius 1 is 1.19 bits per heavy atom. The molecule has 1 N–H and O–H groups in total. The number of benzene rings is 1. The number of nitrogens with zero attached hydrogens (tertiary/aromatic N) is 1. The number of pyridine rings is 1. The molecule has 0 spiro atoms. The predicted octanol–water partition coefficient (Wildman–Crippen LogP) is 3.28. The minimum Gasteiger partial charge on any atom is -0.481 e. The molecule has 0 aliphatic rings.